The predicted molar refractivity (Wildman–Crippen MR) is 49.2 cm³/mol. The fourth-order valence-electron chi connectivity index (χ4n) is 1.02. The molecule has 13 heavy (non-hydrogen) atoms. The first-order chi connectivity index (χ1) is 6.02. The van der Waals surface area contributed by atoms with Crippen LogP contribution in [-0.4, -0.2) is 16.0 Å². The molecule has 0 atom stereocenters. The zero-order valence-corrected chi connectivity index (χ0v) is 7.80. The molecule has 0 aliphatic carbocycles. The van der Waals surface area contributed by atoms with Gasteiger partial charge in [0.15, 0.2) is 11.5 Å². The molecule has 0 unspecified atom stereocenters. The van der Waals surface area contributed by atoms with Crippen molar-refractivity contribution in [1.29, 1.82) is 0 Å². The summed E-state index contributed by atoms with van der Waals surface area (Å²) in [6.45, 7) is 1.39. The number of aromatic hydroxyl groups is 2. The molecule has 0 aliphatic rings. The van der Waals surface area contributed by atoms with Crippen molar-refractivity contribution in [2.45, 2.75) is 13.3 Å². The minimum atomic E-state index is -0.317. The van der Waals surface area contributed by atoms with E-state index in [1.165, 1.54) is 19.1 Å². The third-order valence-corrected chi connectivity index (χ3v) is 1.98. The van der Waals surface area contributed by atoms with Gasteiger partial charge in [-0.3, -0.25) is 4.79 Å². The molecule has 70 valence electrons. The molecule has 3 nitrogen and oxygen atoms in total. The van der Waals surface area contributed by atoms with Gasteiger partial charge in [0.1, 0.15) is 5.78 Å². The number of halogens is 1. The van der Waals surface area contributed by atoms with Crippen LogP contribution in [0, 0.1) is 0 Å². The Morgan fingerprint density at radius 1 is 1.46 bits per heavy atom. The molecular weight excluding hydrogens is 192 g/mol. The maximum absolute atomic E-state index is 10.8. The van der Waals surface area contributed by atoms with E-state index in [2.05, 4.69) is 0 Å². The number of phenolic OH excluding ortho intramolecular Hbond substituents is 2. The first kappa shape index (κ1) is 9.86. The summed E-state index contributed by atoms with van der Waals surface area (Å²) >= 11 is 5.72. The van der Waals surface area contributed by atoms with Crippen LogP contribution < -0.4 is 0 Å². The van der Waals surface area contributed by atoms with Crippen molar-refractivity contribution in [3.63, 3.8) is 0 Å². The fraction of sp³-hybridized carbons (Fsp3) is 0.222. The highest BCUT2D eigenvalue weighted by atomic mass is 35.5. The van der Waals surface area contributed by atoms with Crippen molar-refractivity contribution in [2.24, 2.45) is 0 Å². The van der Waals surface area contributed by atoms with Gasteiger partial charge >= 0.3 is 0 Å². The van der Waals surface area contributed by atoms with Crippen molar-refractivity contribution in [3.05, 3.63) is 22.7 Å². The maximum atomic E-state index is 10.8. The lowest BCUT2D eigenvalue weighted by molar-refractivity contribution is -0.116. The number of rotatable bonds is 2. The van der Waals surface area contributed by atoms with Gasteiger partial charge in [0, 0.05) is 17.0 Å². The van der Waals surface area contributed by atoms with Gasteiger partial charge in [0.2, 0.25) is 0 Å². The first-order valence-corrected chi connectivity index (χ1v) is 4.09. The molecule has 0 aliphatic heterocycles. The number of carbonyl (C=O) groups excluding carboxylic acids is 1. The van der Waals surface area contributed by atoms with Gasteiger partial charge in [-0.25, -0.2) is 0 Å². The van der Waals surface area contributed by atoms with Gasteiger partial charge < -0.3 is 10.2 Å². The average Bonchev–Trinajstić information content (AvgIpc) is 2.05. The van der Waals surface area contributed by atoms with Gasteiger partial charge in [0.05, 0.1) is 0 Å². The van der Waals surface area contributed by atoms with Crippen LogP contribution in [0.25, 0.3) is 0 Å². The van der Waals surface area contributed by atoms with E-state index >= 15 is 0 Å². The molecule has 0 radical (unpaired) electrons. The summed E-state index contributed by atoms with van der Waals surface area (Å²) in [5.41, 5.74) is 0.272. The minimum Gasteiger partial charge on any atom is -0.504 e. The monoisotopic (exact) mass is 200 g/mol. The number of benzene rings is 1. The lowest BCUT2D eigenvalue weighted by Crippen LogP contribution is -1.97. The van der Waals surface area contributed by atoms with E-state index in [1.54, 1.807) is 0 Å². The Balaban J connectivity index is 3.17. The summed E-state index contributed by atoms with van der Waals surface area (Å²) in [6, 6.07) is 2.72. The predicted octanol–water partition coefficient (Wildman–Crippen LogP) is 1.88. The topological polar surface area (TPSA) is 57.5 Å². The van der Waals surface area contributed by atoms with Gasteiger partial charge in [-0.05, 0) is 19.1 Å². The Bertz CT molecular complexity index is 347. The Labute approximate surface area is 80.6 Å². The van der Waals surface area contributed by atoms with Gasteiger partial charge in [-0.1, -0.05) is 11.6 Å². The molecule has 0 spiro atoms. The van der Waals surface area contributed by atoms with Gasteiger partial charge in [-0.2, -0.15) is 0 Å². The van der Waals surface area contributed by atoms with E-state index in [1.807, 2.05) is 0 Å². The number of ketones is 1. The van der Waals surface area contributed by atoms with Crippen molar-refractivity contribution in [1.82, 2.24) is 0 Å². The molecule has 0 aromatic heterocycles. The highest BCUT2D eigenvalue weighted by Gasteiger charge is 2.12. The summed E-state index contributed by atoms with van der Waals surface area (Å²) in [7, 11) is 0. The molecule has 0 saturated carbocycles. The summed E-state index contributed by atoms with van der Waals surface area (Å²) in [6.07, 6.45) is 0.0269. The molecule has 4 heteroatoms. The number of carbonyl (C=O) groups is 1. The third-order valence-electron chi connectivity index (χ3n) is 1.63. The zero-order chi connectivity index (χ0) is 10.0. The minimum absolute atomic E-state index is 0.0269. The quantitative estimate of drug-likeness (QED) is 0.717. The van der Waals surface area contributed by atoms with E-state index in [0.29, 0.717) is 0 Å². The maximum Gasteiger partial charge on any atom is 0.162 e. The average molecular weight is 201 g/mol. The van der Waals surface area contributed by atoms with Gasteiger partial charge in [0.25, 0.3) is 0 Å². The Hall–Kier alpha value is -1.22. The second kappa shape index (κ2) is 3.66. The summed E-state index contributed by atoms with van der Waals surface area (Å²) in [5, 5.41) is 18.7. The standard InChI is InChI=1S/C9H9ClO3/c1-5(11)4-6-7(10)2-3-8(12)9(6)13/h2-3,12-13H,4H2,1H3. The number of phenols is 2. The molecule has 0 fully saturated rings. The molecule has 1 rings (SSSR count). The van der Waals surface area contributed by atoms with Crippen molar-refractivity contribution in [2.75, 3.05) is 0 Å². The Kier molecular flexibility index (Phi) is 2.78. The van der Waals surface area contributed by atoms with Crippen LogP contribution in [0.15, 0.2) is 12.1 Å². The first-order valence-electron chi connectivity index (χ1n) is 3.71. The molecule has 0 bridgehead atoms. The van der Waals surface area contributed by atoms with Gasteiger partial charge in [-0.15, -0.1) is 0 Å². The van der Waals surface area contributed by atoms with Crippen molar-refractivity contribution < 1.29 is 15.0 Å². The Morgan fingerprint density at radius 3 is 2.62 bits per heavy atom. The molecule has 1 aromatic rings. The van der Waals surface area contributed by atoms with Crippen LogP contribution in [0.1, 0.15) is 12.5 Å². The second-order valence-corrected chi connectivity index (χ2v) is 3.18. The lowest BCUT2D eigenvalue weighted by Gasteiger charge is -2.06. The van der Waals surface area contributed by atoms with E-state index in [9.17, 15) is 9.90 Å². The largest absolute Gasteiger partial charge is 0.504 e. The van der Waals surface area contributed by atoms with Crippen molar-refractivity contribution in [3.8, 4) is 11.5 Å². The summed E-state index contributed by atoms with van der Waals surface area (Å²) in [5.74, 6) is -0.703. The normalized spacial score (nSPS) is 10.0. The van der Waals surface area contributed by atoms with Crippen LogP contribution in [0.4, 0.5) is 0 Å². The fourth-order valence-corrected chi connectivity index (χ4v) is 1.24. The van der Waals surface area contributed by atoms with Crippen LogP contribution in [0.2, 0.25) is 5.02 Å². The molecule has 2 N–H and O–H groups in total. The molecular formula is C9H9ClO3. The molecule has 0 saturated heterocycles. The van der Waals surface area contributed by atoms with E-state index in [0.717, 1.165) is 0 Å². The zero-order valence-electron chi connectivity index (χ0n) is 7.04. The number of hydrogen-bond acceptors (Lipinski definition) is 3. The molecule has 0 heterocycles. The third kappa shape index (κ3) is 2.12. The second-order valence-electron chi connectivity index (χ2n) is 2.77. The van der Waals surface area contributed by atoms with E-state index in [4.69, 9.17) is 16.7 Å². The summed E-state index contributed by atoms with van der Waals surface area (Å²) < 4.78 is 0. The Morgan fingerprint density at radius 2 is 2.08 bits per heavy atom. The van der Waals surface area contributed by atoms with Crippen molar-refractivity contribution >= 4 is 17.4 Å². The summed E-state index contributed by atoms with van der Waals surface area (Å²) in [4.78, 5) is 10.8. The van der Waals surface area contributed by atoms with Crippen LogP contribution in [0.3, 0.4) is 0 Å². The SMILES string of the molecule is CC(=O)Cc1c(Cl)ccc(O)c1O. The highest BCUT2D eigenvalue weighted by molar-refractivity contribution is 6.31. The molecule has 0 amide bonds. The number of Topliss-reactive ketones (excluding diaryl/α,β-unsaturated/α-hetero) is 1. The lowest BCUT2D eigenvalue weighted by atomic mass is 10.1. The number of hydrogen-bond donors (Lipinski definition) is 2. The van der Waals surface area contributed by atoms with Crippen LogP contribution in [0.5, 0.6) is 11.5 Å². The van der Waals surface area contributed by atoms with E-state index < -0.39 is 0 Å². The highest BCUT2D eigenvalue weighted by Crippen LogP contribution is 2.34. The van der Waals surface area contributed by atoms with Crippen LogP contribution in [-0.2, 0) is 11.2 Å². The van der Waals surface area contributed by atoms with Crippen LogP contribution >= 0.6 is 11.6 Å². The molecule has 1 aromatic carbocycles. The van der Waals surface area contributed by atoms with E-state index in [-0.39, 0.29) is 34.3 Å². The smallest absolute Gasteiger partial charge is 0.162 e.